The van der Waals surface area contributed by atoms with Gasteiger partial charge in [0.05, 0.1) is 0 Å². The molecule has 94 valence electrons. The highest BCUT2D eigenvalue weighted by molar-refractivity contribution is 5.14. The van der Waals surface area contributed by atoms with Gasteiger partial charge in [-0.15, -0.1) is 0 Å². The molecule has 1 aliphatic rings. The molecule has 1 fully saturated rings. The molecule has 1 atom stereocenters. The largest absolute Gasteiger partial charge is 0.329 e. The monoisotopic (exact) mass is 232 g/mol. The van der Waals surface area contributed by atoms with Gasteiger partial charge in [0.25, 0.3) is 0 Å². The van der Waals surface area contributed by atoms with Crippen LogP contribution < -0.4 is 5.73 Å². The van der Waals surface area contributed by atoms with Crippen molar-refractivity contribution in [3.8, 4) is 0 Å². The standard InChI is InChI=1S/C15H24N2/c1-17(15(12-16)14-9-10-14)11-5-8-13-6-3-2-4-7-13/h2-4,6-7,14-15H,5,8-12,16H2,1H3. The number of likely N-dealkylation sites (N-methyl/N-ethyl adjacent to an activating group) is 1. The molecule has 2 heteroatoms. The van der Waals surface area contributed by atoms with E-state index in [4.69, 9.17) is 5.73 Å². The molecule has 2 nitrogen and oxygen atoms in total. The summed E-state index contributed by atoms with van der Waals surface area (Å²) in [5.41, 5.74) is 7.30. The Morgan fingerprint density at radius 1 is 1.29 bits per heavy atom. The first-order valence-electron chi connectivity index (χ1n) is 6.75. The Kier molecular flexibility index (Phi) is 4.57. The third kappa shape index (κ3) is 3.83. The van der Waals surface area contributed by atoms with Crippen LogP contribution >= 0.6 is 0 Å². The number of nitrogens with two attached hydrogens (primary N) is 1. The van der Waals surface area contributed by atoms with Crippen LogP contribution in [0.2, 0.25) is 0 Å². The molecule has 0 spiro atoms. The summed E-state index contributed by atoms with van der Waals surface area (Å²) in [5.74, 6) is 0.877. The van der Waals surface area contributed by atoms with Gasteiger partial charge < -0.3 is 10.6 Å². The van der Waals surface area contributed by atoms with E-state index in [0.717, 1.165) is 19.0 Å². The molecule has 0 amide bonds. The topological polar surface area (TPSA) is 29.3 Å². The number of hydrogen-bond acceptors (Lipinski definition) is 2. The number of aryl methyl sites for hydroxylation is 1. The molecule has 1 unspecified atom stereocenters. The van der Waals surface area contributed by atoms with Crippen molar-refractivity contribution in [3.05, 3.63) is 35.9 Å². The normalized spacial score (nSPS) is 17.4. The first-order chi connectivity index (χ1) is 8.31. The molecule has 0 aromatic heterocycles. The molecule has 0 radical (unpaired) electrons. The second-order valence-electron chi connectivity index (χ2n) is 5.21. The molecular formula is C15H24N2. The Balaban J connectivity index is 1.70. The predicted molar refractivity (Wildman–Crippen MR) is 73.0 cm³/mol. The smallest absolute Gasteiger partial charge is 0.0243 e. The lowest BCUT2D eigenvalue weighted by atomic mass is 10.1. The summed E-state index contributed by atoms with van der Waals surface area (Å²) in [6.07, 6.45) is 5.16. The molecule has 1 aromatic carbocycles. The highest BCUT2D eigenvalue weighted by Crippen LogP contribution is 2.34. The van der Waals surface area contributed by atoms with Crippen LogP contribution in [0.25, 0.3) is 0 Å². The zero-order valence-electron chi connectivity index (χ0n) is 10.8. The maximum absolute atomic E-state index is 5.86. The molecule has 0 aliphatic heterocycles. The van der Waals surface area contributed by atoms with Crippen molar-refractivity contribution in [1.29, 1.82) is 0 Å². The lowest BCUT2D eigenvalue weighted by Gasteiger charge is -2.26. The van der Waals surface area contributed by atoms with E-state index in [-0.39, 0.29) is 0 Å². The predicted octanol–water partition coefficient (Wildman–Crippen LogP) is 2.29. The molecule has 0 saturated heterocycles. The van der Waals surface area contributed by atoms with Crippen LogP contribution in [0, 0.1) is 5.92 Å². The van der Waals surface area contributed by atoms with Gasteiger partial charge in [-0.1, -0.05) is 30.3 Å². The van der Waals surface area contributed by atoms with Crippen molar-refractivity contribution in [2.24, 2.45) is 11.7 Å². The number of nitrogens with zero attached hydrogens (tertiary/aromatic N) is 1. The highest BCUT2D eigenvalue weighted by Gasteiger charge is 2.32. The first-order valence-corrected chi connectivity index (χ1v) is 6.75. The molecule has 2 rings (SSSR count). The van der Waals surface area contributed by atoms with Gasteiger partial charge in [0.15, 0.2) is 0 Å². The minimum absolute atomic E-state index is 0.616. The van der Waals surface area contributed by atoms with E-state index in [2.05, 4.69) is 42.3 Å². The average molecular weight is 232 g/mol. The number of hydrogen-bond donors (Lipinski definition) is 1. The van der Waals surface area contributed by atoms with Crippen molar-refractivity contribution in [2.75, 3.05) is 20.1 Å². The second-order valence-corrected chi connectivity index (χ2v) is 5.21. The molecule has 1 aliphatic carbocycles. The highest BCUT2D eigenvalue weighted by atomic mass is 15.1. The van der Waals surface area contributed by atoms with Gasteiger partial charge in [0.2, 0.25) is 0 Å². The summed E-state index contributed by atoms with van der Waals surface area (Å²) in [6, 6.07) is 11.3. The van der Waals surface area contributed by atoms with E-state index in [9.17, 15) is 0 Å². The Morgan fingerprint density at radius 3 is 2.59 bits per heavy atom. The Labute approximate surface area is 105 Å². The van der Waals surface area contributed by atoms with E-state index in [0.29, 0.717) is 6.04 Å². The minimum atomic E-state index is 0.616. The fourth-order valence-corrected chi connectivity index (χ4v) is 2.56. The van der Waals surface area contributed by atoms with E-state index in [1.807, 2.05) is 0 Å². The lowest BCUT2D eigenvalue weighted by molar-refractivity contribution is 0.221. The number of rotatable bonds is 7. The second kappa shape index (κ2) is 6.18. The van der Waals surface area contributed by atoms with Crippen LogP contribution in [0.15, 0.2) is 30.3 Å². The zero-order chi connectivity index (χ0) is 12.1. The molecule has 17 heavy (non-hydrogen) atoms. The summed E-state index contributed by atoms with van der Waals surface area (Å²) in [6.45, 7) is 1.97. The van der Waals surface area contributed by atoms with Crippen molar-refractivity contribution >= 4 is 0 Å². The molecule has 0 bridgehead atoms. The summed E-state index contributed by atoms with van der Waals surface area (Å²) >= 11 is 0. The zero-order valence-corrected chi connectivity index (χ0v) is 10.8. The quantitative estimate of drug-likeness (QED) is 0.781. The Morgan fingerprint density at radius 2 is 2.00 bits per heavy atom. The van der Waals surface area contributed by atoms with Crippen LogP contribution in [0.5, 0.6) is 0 Å². The summed E-state index contributed by atoms with van der Waals surface area (Å²) in [4.78, 5) is 2.46. The summed E-state index contributed by atoms with van der Waals surface area (Å²) in [5, 5.41) is 0. The van der Waals surface area contributed by atoms with E-state index in [1.165, 1.54) is 31.2 Å². The lowest BCUT2D eigenvalue weighted by Crippen LogP contribution is -2.40. The van der Waals surface area contributed by atoms with Crippen LogP contribution in [-0.2, 0) is 6.42 Å². The van der Waals surface area contributed by atoms with Crippen LogP contribution in [0.4, 0.5) is 0 Å². The van der Waals surface area contributed by atoms with Gasteiger partial charge in [0.1, 0.15) is 0 Å². The fraction of sp³-hybridized carbons (Fsp3) is 0.600. The van der Waals surface area contributed by atoms with Crippen LogP contribution in [0.1, 0.15) is 24.8 Å². The van der Waals surface area contributed by atoms with Gasteiger partial charge >= 0.3 is 0 Å². The minimum Gasteiger partial charge on any atom is -0.329 e. The van der Waals surface area contributed by atoms with Crippen LogP contribution in [-0.4, -0.2) is 31.1 Å². The Hall–Kier alpha value is -0.860. The molecule has 0 heterocycles. The van der Waals surface area contributed by atoms with Crippen molar-refractivity contribution in [3.63, 3.8) is 0 Å². The third-order valence-corrected chi connectivity index (χ3v) is 3.79. The molecular weight excluding hydrogens is 208 g/mol. The molecule has 1 saturated carbocycles. The van der Waals surface area contributed by atoms with E-state index in [1.54, 1.807) is 0 Å². The SMILES string of the molecule is CN(CCCc1ccccc1)C(CN)C1CC1. The molecule has 1 aromatic rings. The average Bonchev–Trinajstić information content (AvgIpc) is 3.16. The summed E-state index contributed by atoms with van der Waals surface area (Å²) in [7, 11) is 2.22. The van der Waals surface area contributed by atoms with Crippen molar-refractivity contribution in [2.45, 2.75) is 31.7 Å². The van der Waals surface area contributed by atoms with Gasteiger partial charge in [-0.05, 0) is 50.8 Å². The number of benzene rings is 1. The molecule has 2 N–H and O–H groups in total. The first kappa shape index (κ1) is 12.6. The van der Waals surface area contributed by atoms with Crippen LogP contribution in [0.3, 0.4) is 0 Å². The van der Waals surface area contributed by atoms with Crippen molar-refractivity contribution in [1.82, 2.24) is 4.90 Å². The van der Waals surface area contributed by atoms with E-state index < -0.39 is 0 Å². The van der Waals surface area contributed by atoms with Gasteiger partial charge in [-0.25, -0.2) is 0 Å². The van der Waals surface area contributed by atoms with E-state index >= 15 is 0 Å². The Bertz CT molecular complexity index is 319. The fourth-order valence-electron chi connectivity index (χ4n) is 2.56. The van der Waals surface area contributed by atoms with Gasteiger partial charge in [-0.3, -0.25) is 0 Å². The maximum Gasteiger partial charge on any atom is 0.0243 e. The summed E-state index contributed by atoms with van der Waals surface area (Å²) < 4.78 is 0. The van der Waals surface area contributed by atoms with Crippen molar-refractivity contribution < 1.29 is 0 Å². The van der Waals surface area contributed by atoms with Gasteiger partial charge in [-0.2, -0.15) is 0 Å². The third-order valence-electron chi connectivity index (χ3n) is 3.79. The maximum atomic E-state index is 5.86. The van der Waals surface area contributed by atoms with Gasteiger partial charge in [0, 0.05) is 12.6 Å².